The van der Waals surface area contributed by atoms with Crippen molar-refractivity contribution < 1.29 is 14.2 Å². The van der Waals surface area contributed by atoms with Gasteiger partial charge in [-0.2, -0.15) is 0 Å². The molecule has 4 nitrogen and oxygen atoms in total. The molecule has 26 heavy (non-hydrogen) atoms. The van der Waals surface area contributed by atoms with Gasteiger partial charge in [0.2, 0.25) is 0 Å². The van der Waals surface area contributed by atoms with Gasteiger partial charge in [-0.1, -0.05) is 48.5 Å². The van der Waals surface area contributed by atoms with E-state index in [0.29, 0.717) is 19.3 Å². The Morgan fingerprint density at radius 3 is 2.23 bits per heavy atom. The highest BCUT2D eigenvalue weighted by molar-refractivity contribution is 5.20. The lowest BCUT2D eigenvalue weighted by Gasteiger charge is -2.31. The molecule has 2 aromatic rings. The topological polar surface area (TPSA) is 30.9 Å². The molecule has 0 aliphatic carbocycles. The van der Waals surface area contributed by atoms with Crippen molar-refractivity contribution in [1.29, 1.82) is 0 Å². The molecule has 0 radical (unpaired) electrons. The van der Waals surface area contributed by atoms with Crippen LogP contribution in [0.25, 0.3) is 0 Å². The van der Waals surface area contributed by atoms with Gasteiger partial charge in [-0.25, -0.2) is 0 Å². The number of hydrogen-bond donors (Lipinski definition) is 0. The van der Waals surface area contributed by atoms with Gasteiger partial charge in [0, 0.05) is 19.6 Å². The van der Waals surface area contributed by atoms with Crippen LogP contribution in [-0.2, 0) is 16.1 Å². The number of likely N-dealkylation sites (tertiary alicyclic amines) is 1. The average Bonchev–Trinajstić information content (AvgIpc) is 2.71. The van der Waals surface area contributed by atoms with E-state index < -0.39 is 0 Å². The van der Waals surface area contributed by atoms with Crippen molar-refractivity contribution in [1.82, 2.24) is 4.90 Å². The van der Waals surface area contributed by atoms with E-state index in [2.05, 4.69) is 29.2 Å². The number of nitrogens with zero attached hydrogens (tertiary/aromatic N) is 1. The normalized spacial score (nSPS) is 15.8. The Balaban J connectivity index is 1.20. The quantitative estimate of drug-likeness (QED) is 0.607. The molecule has 0 N–H and O–H groups in total. The predicted octanol–water partition coefficient (Wildman–Crippen LogP) is 3.76. The van der Waals surface area contributed by atoms with E-state index in [1.807, 2.05) is 36.4 Å². The molecule has 1 aliphatic heterocycles. The van der Waals surface area contributed by atoms with Crippen LogP contribution in [0.1, 0.15) is 18.4 Å². The van der Waals surface area contributed by atoms with Gasteiger partial charge in [0.25, 0.3) is 0 Å². The molecule has 140 valence electrons. The molecular weight excluding hydrogens is 326 g/mol. The molecule has 1 aliphatic rings. The zero-order valence-corrected chi connectivity index (χ0v) is 15.4. The fourth-order valence-corrected chi connectivity index (χ4v) is 3.12. The monoisotopic (exact) mass is 355 g/mol. The first kappa shape index (κ1) is 18.9. The minimum absolute atomic E-state index is 0.381. The summed E-state index contributed by atoms with van der Waals surface area (Å²) in [5.41, 5.74) is 1.25. The van der Waals surface area contributed by atoms with Crippen molar-refractivity contribution in [2.75, 3.05) is 39.5 Å². The van der Waals surface area contributed by atoms with Gasteiger partial charge < -0.3 is 19.1 Å². The van der Waals surface area contributed by atoms with Gasteiger partial charge in [-0.15, -0.1) is 0 Å². The lowest BCUT2D eigenvalue weighted by Crippen LogP contribution is -2.38. The van der Waals surface area contributed by atoms with Gasteiger partial charge >= 0.3 is 0 Å². The number of para-hydroxylation sites is 1. The van der Waals surface area contributed by atoms with Crippen molar-refractivity contribution >= 4 is 0 Å². The molecule has 4 heteroatoms. The summed E-state index contributed by atoms with van der Waals surface area (Å²) in [6, 6.07) is 20.3. The van der Waals surface area contributed by atoms with E-state index in [4.69, 9.17) is 14.2 Å². The first-order chi connectivity index (χ1) is 12.9. The predicted molar refractivity (Wildman–Crippen MR) is 103 cm³/mol. The van der Waals surface area contributed by atoms with Gasteiger partial charge in [-0.05, 0) is 30.5 Å². The standard InChI is InChI=1S/C22H29NO3/c1-3-7-20(8-4-1)19-26-22-11-13-23(14-12-22)15-16-24-17-18-25-21-9-5-2-6-10-21/h1-10,22H,11-19H2. The number of benzene rings is 2. The van der Waals surface area contributed by atoms with Crippen molar-refractivity contribution in [2.24, 2.45) is 0 Å². The van der Waals surface area contributed by atoms with E-state index in [1.165, 1.54) is 5.56 Å². The molecule has 0 aromatic heterocycles. The van der Waals surface area contributed by atoms with Gasteiger partial charge in [-0.3, -0.25) is 0 Å². The van der Waals surface area contributed by atoms with E-state index >= 15 is 0 Å². The van der Waals surface area contributed by atoms with Crippen molar-refractivity contribution in [3.05, 3.63) is 66.2 Å². The highest BCUT2D eigenvalue weighted by Crippen LogP contribution is 2.15. The van der Waals surface area contributed by atoms with E-state index in [9.17, 15) is 0 Å². The average molecular weight is 355 g/mol. The molecule has 0 unspecified atom stereocenters. The maximum absolute atomic E-state index is 6.04. The second-order valence-electron chi connectivity index (χ2n) is 6.61. The van der Waals surface area contributed by atoms with Crippen LogP contribution in [0.3, 0.4) is 0 Å². The maximum atomic E-state index is 6.04. The third kappa shape index (κ3) is 6.79. The van der Waals surface area contributed by atoms with Gasteiger partial charge in [0.05, 0.1) is 25.9 Å². The molecule has 0 spiro atoms. The molecule has 1 saturated heterocycles. The van der Waals surface area contributed by atoms with E-state index in [1.54, 1.807) is 0 Å². The molecule has 0 saturated carbocycles. The lowest BCUT2D eigenvalue weighted by atomic mass is 10.1. The molecule has 0 atom stereocenters. The van der Waals surface area contributed by atoms with Crippen LogP contribution in [-0.4, -0.2) is 50.5 Å². The lowest BCUT2D eigenvalue weighted by molar-refractivity contribution is -0.00878. The minimum Gasteiger partial charge on any atom is -0.491 e. The van der Waals surface area contributed by atoms with E-state index in [0.717, 1.165) is 51.4 Å². The van der Waals surface area contributed by atoms with Crippen LogP contribution in [0.4, 0.5) is 0 Å². The van der Waals surface area contributed by atoms with E-state index in [-0.39, 0.29) is 0 Å². The van der Waals surface area contributed by atoms with Crippen LogP contribution in [0.15, 0.2) is 60.7 Å². The summed E-state index contributed by atoms with van der Waals surface area (Å²) in [5, 5.41) is 0. The van der Waals surface area contributed by atoms with Gasteiger partial charge in [0.15, 0.2) is 0 Å². The fourth-order valence-electron chi connectivity index (χ4n) is 3.12. The summed E-state index contributed by atoms with van der Waals surface area (Å²) in [6.07, 6.45) is 2.58. The summed E-state index contributed by atoms with van der Waals surface area (Å²) in [6.45, 7) is 5.86. The molecule has 2 aromatic carbocycles. The first-order valence-corrected chi connectivity index (χ1v) is 9.53. The summed E-state index contributed by atoms with van der Waals surface area (Å²) in [7, 11) is 0. The van der Waals surface area contributed by atoms with Crippen LogP contribution in [0, 0.1) is 0 Å². The largest absolute Gasteiger partial charge is 0.491 e. The third-order valence-corrected chi connectivity index (χ3v) is 4.65. The molecular formula is C22H29NO3. The van der Waals surface area contributed by atoms with Crippen molar-refractivity contribution in [3.63, 3.8) is 0 Å². The highest BCUT2D eigenvalue weighted by Gasteiger charge is 2.19. The summed E-state index contributed by atoms with van der Waals surface area (Å²) in [5.74, 6) is 0.897. The molecule has 1 heterocycles. The Kier molecular flexibility index (Phi) is 7.97. The Labute approximate surface area is 156 Å². The Hall–Kier alpha value is -1.88. The zero-order chi connectivity index (χ0) is 17.9. The number of rotatable bonds is 10. The summed E-state index contributed by atoms with van der Waals surface area (Å²) >= 11 is 0. The Morgan fingerprint density at radius 1 is 0.808 bits per heavy atom. The van der Waals surface area contributed by atoms with Crippen LogP contribution < -0.4 is 4.74 Å². The van der Waals surface area contributed by atoms with Crippen molar-refractivity contribution in [3.8, 4) is 5.75 Å². The maximum Gasteiger partial charge on any atom is 0.119 e. The smallest absolute Gasteiger partial charge is 0.119 e. The van der Waals surface area contributed by atoms with Crippen LogP contribution in [0.5, 0.6) is 5.75 Å². The number of ether oxygens (including phenoxy) is 3. The highest BCUT2D eigenvalue weighted by atomic mass is 16.5. The third-order valence-electron chi connectivity index (χ3n) is 4.65. The zero-order valence-electron chi connectivity index (χ0n) is 15.4. The van der Waals surface area contributed by atoms with Gasteiger partial charge in [0.1, 0.15) is 12.4 Å². The molecule has 1 fully saturated rings. The van der Waals surface area contributed by atoms with Crippen LogP contribution in [0.2, 0.25) is 0 Å². The molecule has 0 amide bonds. The molecule has 3 rings (SSSR count). The SMILES string of the molecule is c1ccc(COC2CCN(CCOCCOc3ccccc3)CC2)cc1. The number of piperidine rings is 1. The minimum atomic E-state index is 0.381. The second kappa shape index (κ2) is 11.0. The fraction of sp³-hybridized carbons (Fsp3) is 0.455. The van der Waals surface area contributed by atoms with Crippen LogP contribution >= 0.6 is 0 Å². The summed E-state index contributed by atoms with van der Waals surface area (Å²) in [4.78, 5) is 2.46. The second-order valence-corrected chi connectivity index (χ2v) is 6.61. The Bertz CT molecular complexity index is 597. The summed E-state index contributed by atoms with van der Waals surface area (Å²) < 4.78 is 17.4. The Morgan fingerprint density at radius 2 is 1.50 bits per heavy atom. The van der Waals surface area contributed by atoms with Crippen molar-refractivity contribution in [2.45, 2.75) is 25.6 Å². The molecule has 0 bridgehead atoms. The first-order valence-electron chi connectivity index (χ1n) is 9.53. The number of hydrogen-bond acceptors (Lipinski definition) is 4.